The number of aryl methyl sites for hydroxylation is 2. The minimum atomic E-state index is 0.140. The van der Waals surface area contributed by atoms with Gasteiger partial charge in [-0.2, -0.15) is 5.11 Å². The van der Waals surface area contributed by atoms with Crippen LogP contribution in [0.4, 0.5) is 11.4 Å². The van der Waals surface area contributed by atoms with Crippen LogP contribution in [0.25, 0.3) is 0 Å². The lowest BCUT2D eigenvalue weighted by molar-refractivity contribution is 0.476. The number of hydrogen-bond donors (Lipinski definition) is 1. The first kappa shape index (κ1) is 11.3. The lowest BCUT2D eigenvalue weighted by atomic mass is 10.1. The summed E-state index contributed by atoms with van der Waals surface area (Å²) in [5, 5.41) is 17.7. The second-order valence-electron chi connectivity index (χ2n) is 3.98. The first-order chi connectivity index (χ1) is 8.16. The Kier molecular flexibility index (Phi) is 3.19. The van der Waals surface area contributed by atoms with E-state index in [1.165, 1.54) is 5.56 Å². The average Bonchev–Trinajstić information content (AvgIpc) is 2.30. The summed E-state index contributed by atoms with van der Waals surface area (Å²) in [7, 11) is 0. The van der Waals surface area contributed by atoms with Crippen molar-refractivity contribution in [2.24, 2.45) is 10.2 Å². The molecule has 3 heteroatoms. The molecule has 0 radical (unpaired) electrons. The molecule has 0 aliphatic heterocycles. The third-order valence-corrected chi connectivity index (χ3v) is 2.50. The second kappa shape index (κ2) is 4.78. The molecule has 3 nitrogen and oxygen atoms in total. The minimum absolute atomic E-state index is 0.140. The SMILES string of the molecule is Cc1ccc(N=Nc2ccccc2O)c(C)c1. The molecule has 1 N–H and O–H groups in total. The number of aromatic hydroxyl groups is 1. The van der Waals surface area contributed by atoms with Crippen molar-refractivity contribution in [1.29, 1.82) is 0 Å². The summed E-state index contributed by atoms with van der Waals surface area (Å²) in [6.07, 6.45) is 0. The Labute approximate surface area is 100 Å². The molecule has 0 aliphatic rings. The first-order valence-electron chi connectivity index (χ1n) is 5.44. The molecule has 0 aliphatic carbocycles. The van der Waals surface area contributed by atoms with Crippen LogP contribution in [0.5, 0.6) is 5.75 Å². The average molecular weight is 226 g/mol. The van der Waals surface area contributed by atoms with Crippen LogP contribution < -0.4 is 0 Å². The molecule has 0 heterocycles. The summed E-state index contributed by atoms with van der Waals surface area (Å²) in [5.74, 6) is 0.140. The van der Waals surface area contributed by atoms with Gasteiger partial charge in [0.2, 0.25) is 0 Å². The van der Waals surface area contributed by atoms with Crippen LogP contribution in [0.1, 0.15) is 11.1 Å². The fourth-order valence-corrected chi connectivity index (χ4v) is 1.57. The summed E-state index contributed by atoms with van der Waals surface area (Å²) in [6.45, 7) is 4.03. The van der Waals surface area contributed by atoms with E-state index < -0.39 is 0 Å². The topological polar surface area (TPSA) is 45.0 Å². The van der Waals surface area contributed by atoms with E-state index >= 15 is 0 Å². The van der Waals surface area contributed by atoms with Gasteiger partial charge in [0.05, 0.1) is 5.69 Å². The summed E-state index contributed by atoms with van der Waals surface area (Å²) < 4.78 is 0. The fourth-order valence-electron chi connectivity index (χ4n) is 1.57. The van der Waals surface area contributed by atoms with Gasteiger partial charge in [-0.25, -0.2) is 0 Å². The van der Waals surface area contributed by atoms with Crippen molar-refractivity contribution in [1.82, 2.24) is 0 Å². The Morgan fingerprint density at radius 2 is 1.59 bits per heavy atom. The zero-order valence-electron chi connectivity index (χ0n) is 9.88. The van der Waals surface area contributed by atoms with Gasteiger partial charge < -0.3 is 5.11 Å². The third-order valence-electron chi connectivity index (χ3n) is 2.50. The molecule has 0 saturated carbocycles. The number of hydrogen-bond acceptors (Lipinski definition) is 3. The highest BCUT2D eigenvalue weighted by atomic mass is 16.3. The van der Waals surface area contributed by atoms with Gasteiger partial charge in [-0.1, -0.05) is 29.8 Å². The predicted octanol–water partition coefficient (Wildman–Crippen LogP) is 4.42. The van der Waals surface area contributed by atoms with Crippen LogP contribution in [-0.4, -0.2) is 5.11 Å². The van der Waals surface area contributed by atoms with Gasteiger partial charge >= 0.3 is 0 Å². The summed E-state index contributed by atoms with van der Waals surface area (Å²) in [6, 6.07) is 12.9. The Morgan fingerprint density at radius 1 is 0.882 bits per heavy atom. The molecular weight excluding hydrogens is 212 g/mol. The van der Waals surface area contributed by atoms with Crippen LogP contribution >= 0.6 is 0 Å². The van der Waals surface area contributed by atoms with E-state index in [9.17, 15) is 5.11 Å². The molecule has 0 unspecified atom stereocenters. The first-order valence-corrected chi connectivity index (χ1v) is 5.44. The predicted molar refractivity (Wildman–Crippen MR) is 68.2 cm³/mol. The van der Waals surface area contributed by atoms with Crippen LogP contribution in [0.2, 0.25) is 0 Å². The Hall–Kier alpha value is -2.16. The molecular formula is C14H14N2O. The summed E-state index contributed by atoms with van der Waals surface area (Å²) in [4.78, 5) is 0. The monoisotopic (exact) mass is 226 g/mol. The number of nitrogens with zero attached hydrogens (tertiary/aromatic N) is 2. The van der Waals surface area contributed by atoms with Gasteiger partial charge in [0, 0.05) is 0 Å². The van der Waals surface area contributed by atoms with Gasteiger partial charge in [0.25, 0.3) is 0 Å². The molecule has 2 aromatic rings. The number of phenols is 1. The van der Waals surface area contributed by atoms with E-state index in [-0.39, 0.29) is 5.75 Å². The van der Waals surface area contributed by atoms with Gasteiger partial charge in [-0.3, -0.25) is 0 Å². The molecule has 0 saturated heterocycles. The number of azo groups is 1. The quantitative estimate of drug-likeness (QED) is 0.756. The van der Waals surface area contributed by atoms with Crippen LogP contribution in [0.15, 0.2) is 52.7 Å². The van der Waals surface area contributed by atoms with Gasteiger partial charge in [-0.15, -0.1) is 5.11 Å². The Morgan fingerprint density at radius 3 is 2.29 bits per heavy atom. The molecule has 0 amide bonds. The van der Waals surface area contributed by atoms with Crippen molar-refractivity contribution in [3.05, 3.63) is 53.6 Å². The zero-order valence-corrected chi connectivity index (χ0v) is 9.88. The third kappa shape index (κ3) is 2.69. The van der Waals surface area contributed by atoms with Gasteiger partial charge in [0.15, 0.2) is 0 Å². The molecule has 0 spiro atoms. The lowest BCUT2D eigenvalue weighted by Gasteiger charge is -2.00. The maximum Gasteiger partial charge on any atom is 0.143 e. The van der Waals surface area contributed by atoms with Gasteiger partial charge in [0.1, 0.15) is 11.4 Å². The maximum atomic E-state index is 9.55. The molecule has 0 atom stereocenters. The van der Waals surface area contributed by atoms with Crippen molar-refractivity contribution in [2.45, 2.75) is 13.8 Å². The van der Waals surface area contributed by atoms with Crippen LogP contribution in [0, 0.1) is 13.8 Å². The highest BCUT2D eigenvalue weighted by Crippen LogP contribution is 2.28. The molecule has 17 heavy (non-hydrogen) atoms. The molecule has 0 bridgehead atoms. The number of para-hydroxylation sites is 1. The largest absolute Gasteiger partial charge is 0.506 e. The molecule has 0 aromatic heterocycles. The molecule has 86 valence electrons. The van der Waals surface area contributed by atoms with E-state index in [4.69, 9.17) is 0 Å². The standard InChI is InChI=1S/C14H14N2O/c1-10-7-8-12(11(2)9-10)15-16-13-5-3-4-6-14(13)17/h3-9,17H,1-2H3. The van der Waals surface area contributed by atoms with E-state index in [1.54, 1.807) is 18.2 Å². The maximum absolute atomic E-state index is 9.55. The normalized spacial score (nSPS) is 10.9. The molecule has 2 aromatic carbocycles. The van der Waals surface area contributed by atoms with Gasteiger partial charge in [-0.05, 0) is 37.6 Å². The number of rotatable bonds is 2. The number of phenolic OH excluding ortho intramolecular Hbond substituents is 1. The Balaban J connectivity index is 2.29. The van der Waals surface area contributed by atoms with Crippen molar-refractivity contribution in [3.63, 3.8) is 0 Å². The number of benzene rings is 2. The Bertz CT molecular complexity index is 562. The lowest BCUT2D eigenvalue weighted by Crippen LogP contribution is -1.76. The van der Waals surface area contributed by atoms with Crippen molar-refractivity contribution < 1.29 is 5.11 Å². The summed E-state index contributed by atoms with van der Waals surface area (Å²) >= 11 is 0. The van der Waals surface area contributed by atoms with Crippen LogP contribution in [-0.2, 0) is 0 Å². The minimum Gasteiger partial charge on any atom is -0.506 e. The van der Waals surface area contributed by atoms with E-state index in [1.807, 2.05) is 32.0 Å². The van der Waals surface area contributed by atoms with E-state index in [0.29, 0.717) is 5.69 Å². The highest BCUT2D eigenvalue weighted by Gasteiger charge is 1.99. The van der Waals surface area contributed by atoms with Crippen molar-refractivity contribution >= 4 is 11.4 Å². The van der Waals surface area contributed by atoms with Crippen LogP contribution in [0.3, 0.4) is 0 Å². The zero-order chi connectivity index (χ0) is 12.3. The summed E-state index contributed by atoms with van der Waals surface area (Å²) in [5.41, 5.74) is 3.57. The molecule has 0 fully saturated rings. The fraction of sp³-hybridized carbons (Fsp3) is 0.143. The smallest absolute Gasteiger partial charge is 0.143 e. The highest BCUT2D eigenvalue weighted by molar-refractivity contribution is 5.51. The van der Waals surface area contributed by atoms with Crippen molar-refractivity contribution in [3.8, 4) is 5.75 Å². The van der Waals surface area contributed by atoms with Crippen molar-refractivity contribution in [2.75, 3.05) is 0 Å². The van der Waals surface area contributed by atoms with E-state index in [2.05, 4.69) is 16.3 Å². The molecule has 2 rings (SSSR count). The van der Waals surface area contributed by atoms with E-state index in [0.717, 1.165) is 11.3 Å². The second-order valence-corrected chi connectivity index (χ2v) is 3.98.